The maximum absolute atomic E-state index is 5.92. The molecule has 0 aromatic heterocycles. The summed E-state index contributed by atoms with van der Waals surface area (Å²) in [6, 6.07) is 8.41. The fourth-order valence-electron chi connectivity index (χ4n) is 1.43. The Morgan fingerprint density at radius 1 is 1.19 bits per heavy atom. The maximum atomic E-state index is 5.92. The highest BCUT2D eigenvalue weighted by Gasteiger charge is 2.07. The Morgan fingerprint density at radius 3 is 2.31 bits per heavy atom. The third-order valence-electron chi connectivity index (χ3n) is 2.76. The van der Waals surface area contributed by atoms with E-state index in [-0.39, 0.29) is 6.04 Å². The molecule has 0 fully saturated rings. The molecule has 0 aliphatic rings. The van der Waals surface area contributed by atoms with Crippen LogP contribution in [0.4, 0.5) is 0 Å². The Kier molecular flexibility index (Phi) is 5.33. The van der Waals surface area contributed by atoms with Crippen molar-refractivity contribution in [3.8, 4) is 5.75 Å². The summed E-state index contributed by atoms with van der Waals surface area (Å²) in [4.78, 5) is 0. The minimum absolute atomic E-state index is 0.107. The molecule has 1 aromatic carbocycles. The molecule has 2 nitrogen and oxygen atoms in total. The number of aryl methyl sites for hydroxylation is 1. The van der Waals surface area contributed by atoms with Gasteiger partial charge >= 0.3 is 0 Å². The molecular weight excluding hydrogens is 198 g/mol. The zero-order chi connectivity index (χ0) is 12.0. The van der Waals surface area contributed by atoms with Crippen molar-refractivity contribution in [2.45, 2.75) is 39.7 Å². The van der Waals surface area contributed by atoms with E-state index in [1.165, 1.54) is 12.0 Å². The summed E-state index contributed by atoms with van der Waals surface area (Å²) in [5, 5.41) is 0. The summed E-state index contributed by atoms with van der Waals surface area (Å²) in [7, 11) is 0. The van der Waals surface area contributed by atoms with Gasteiger partial charge in [0.1, 0.15) is 12.4 Å². The molecule has 0 bridgehead atoms. The second-order valence-electron chi connectivity index (χ2n) is 4.61. The van der Waals surface area contributed by atoms with E-state index in [4.69, 9.17) is 10.5 Å². The van der Waals surface area contributed by atoms with Crippen molar-refractivity contribution in [1.29, 1.82) is 0 Å². The lowest BCUT2D eigenvalue weighted by Gasteiger charge is -2.16. The van der Waals surface area contributed by atoms with Crippen molar-refractivity contribution in [2.24, 2.45) is 11.7 Å². The summed E-state index contributed by atoms with van der Waals surface area (Å²) in [6.07, 6.45) is 2.31. The number of rotatable bonds is 6. The Balaban J connectivity index is 2.43. The summed E-state index contributed by atoms with van der Waals surface area (Å²) < 4.78 is 5.64. The predicted octanol–water partition coefficient (Wildman–Crippen LogP) is 3.00. The lowest BCUT2D eigenvalue weighted by Crippen LogP contribution is -2.32. The molecule has 0 heterocycles. The second kappa shape index (κ2) is 6.54. The van der Waals surface area contributed by atoms with Crippen LogP contribution in [0.3, 0.4) is 0 Å². The maximum Gasteiger partial charge on any atom is 0.119 e. The first kappa shape index (κ1) is 13.0. The van der Waals surface area contributed by atoms with Gasteiger partial charge in [0.25, 0.3) is 0 Å². The molecule has 16 heavy (non-hydrogen) atoms. The Labute approximate surface area is 98.8 Å². The van der Waals surface area contributed by atoms with Crippen LogP contribution in [-0.2, 0) is 6.42 Å². The molecule has 1 aromatic rings. The lowest BCUT2D eigenvalue weighted by atomic mass is 10.1. The van der Waals surface area contributed by atoms with E-state index in [2.05, 4.69) is 32.9 Å². The standard InChI is InChI=1S/C14H23NO/c1-4-5-12-6-8-13(9-7-12)16-10-14(15)11(2)3/h6-9,11,14H,4-5,10,15H2,1-3H3. The molecule has 0 aliphatic heterocycles. The van der Waals surface area contributed by atoms with Crippen molar-refractivity contribution < 1.29 is 4.74 Å². The van der Waals surface area contributed by atoms with Crippen LogP contribution in [0.15, 0.2) is 24.3 Å². The average molecular weight is 221 g/mol. The van der Waals surface area contributed by atoms with Crippen LogP contribution in [0.5, 0.6) is 5.75 Å². The highest BCUT2D eigenvalue weighted by molar-refractivity contribution is 5.27. The number of hydrogen-bond donors (Lipinski definition) is 1. The van der Waals surface area contributed by atoms with Crippen LogP contribution in [0.2, 0.25) is 0 Å². The summed E-state index contributed by atoms with van der Waals surface area (Å²) in [5.41, 5.74) is 7.28. The third kappa shape index (κ3) is 4.23. The normalized spacial score (nSPS) is 12.8. The van der Waals surface area contributed by atoms with Gasteiger partial charge in [-0.3, -0.25) is 0 Å². The fourth-order valence-corrected chi connectivity index (χ4v) is 1.43. The molecule has 0 saturated heterocycles. The molecule has 0 spiro atoms. The zero-order valence-electron chi connectivity index (χ0n) is 10.6. The van der Waals surface area contributed by atoms with E-state index in [1.54, 1.807) is 0 Å². The first-order valence-electron chi connectivity index (χ1n) is 6.10. The van der Waals surface area contributed by atoms with E-state index >= 15 is 0 Å². The molecule has 2 N–H and O–H groups in total. The minimum Gasteiger partial charge on any atom is -0.492 e. The van der Waals surface area contributed by atoms with Gasteiger partial charge < -0.3 is 10.5 Å². The monoisotopic (exact) mass is 221 g/mol. The van der Waals surface area contributed by atoms with Gasteiger partial charge in [0.05, 0.1) is 0 Å². The Hall–Kier alpha value is -1.02. The molecule has 1 unspecified atom stereocenters. The van der Waals surface area contributed by atoms with E-state index in [1.807, 2.05) is 12.1 Å². The highest BCUT2D eigenvalue weighted by atomic mass is 16.5. The van der Waals surface area contributed by atoms with Crippen LogP contribution >= 0.6 is 0 Å². The van der Waals surface area contributed by atoms with Gasteiger partial charge in [0.15, 0.2) is 0 Å². The third-order valence-corrected chi connectivity index (χ3v) is 2.76. The minimum atomic E-state index is 0.107. The number of nitrogens with two attached hydrogens (primary N) is 1. The number of hydrogen-bond acceptors (Lipinski definition) is 2. The molecule has 0 saturated carbocycles. The van der Waals surface area contributed by atoms with E-state index < -0.39 is 0 Å². The van der Waals surface area contributed by atoms with Crippen LogP contribution in [0, 0.1) is 5.92 Å². The smallest absolute Gasteiger partial charge is 0.119 e. The summed E-state index contributed by atoms with van der Waals surface area (Å²) in [6.45, 7) is 6.99. The van der Waals surface area contributed by atoms with Gasteiger partial charge in [-0.05, 0) is 30.0 Å². The van der Waals surface area contributed by atoms with Crippen LogP contribution < -0.4 is 10.5 Å². The first-order chi connectivity index (χ1) is 7.63. The van der Waals surface area contributed by atoms with Crippen molar-refractivity contribution in [3.63, 3.8) is 0 Å². The lowest BCUT2D eigenvalue weighted by molar-refractivity contribution is 0.259. The van der Waals surface area contributed by atoms with Gasteiger partial charge in [-0.2, -0.15) is 0 Å². The molecule has 0 amide bonds. The van der Waals surface area contributed by atoms with Crippen LogP contribution in [0.1, 0.15) is 32.8 Å². The van der Waals surface area contributed by atoms with E-state index in [0.717, 1.165) is 12.2 Å². The van der Waals surface area contributed by atoms with Crippen molar-refractivity contribution in [2.75, 3.05) is 6.61 Å². The topological polar surface area (TPSA) is 35.2 Å². The quantitative estimate of drug-likeness (QED) is 0.801. The van der Waals surface area contributed by atoms with Gasteiger partial charge in [0, 0.05) is 6.04 Å². The molecule has 2 heteroatoms. The Bertz CT molecular complexity index is 292. The number of ether oxygens (including phenoxy) is 1. The molecule has 0 aliphatic carbocycles. The molecule has 1 atom stereocenters. The molecule has 90 valence electrons. The van der Waals surface area contributed by atoms with Crippen LogP contribution in [-0.4, -0.2) is 12.6 Å². The highest BCUT2D eigenvalue weighted by Crippen LogP contribution is 2.14. The summed E-state index contributed by atoms with van der Waals surface area (Å²) >= 11 is 0. The predicted molar refractivity (Wildman–Crippen MR) is 68.7 cm³/mol. The van der Waals surface area contributed by atoms with Gasteiger partial charge in [-0.1, -0.05) is 39.3 Å². The Morgan fingerprint density at radius 2 is 1.81 bits per heavy atom. The molecule has 1 rings (SSSR count). The molecular formula is C14H23NO. The fraction of sp³-hybridized carbons (Fsp3) is 0.571. The van der Waals surface area contributed by atoms with Crippen molar-refractivity contribution in [1.82, 2.24) is 0 Å². The van der Waals surface area contributed by atoms with E-state index in [0.29, 0.717) is 12.5 Å². The summed E-state index contributed by atoms with van der Waals surface area (Å²) in [5.74, 6) is 1.37. The average Bonchev–Trinajstić information content (AvgIpc) is 2.28. The molecule has 0 radical (unpaired) electrons. The number of benzene rings is 1. The van der Waals surface area contributed by atoms with Gasteiger partial charge in [-0.15, -0.1) is 0 Å². The largest absolute Gasteiger partial charge is 0.492 e. The van der Waals surface area contributed by atoms with Crippen LogP contribution in [0.25, 0.3) is 0 Å². The first-order valence-corrected chi connectivity index (χ1v) is 6.10. The van der Waals surface area contributed by atoms with Gasteiger partial charge in [-0.25, -0.2) is 0 Å². The van der Waals surface area contributed by atoms with Gasteiger partial charge in [0.2, 0.25) is 0 Å². The second-order valence-corrected chi connectivity index (χ2v) is 4.61. The van der Waals surface area contributed by atoms with Crippen molar-refractivity contribution >= 4 is 0 Å². The zero-order valence-corrected chi connectivity index (χ0v) is 10.6. The van der Waals surface area contributed by atoms with E-state index in [9.17, 15) is 0 Å². The SMILES string of the molecule is CCCc1ccc(OCC(N)C(C)C)cc1. The van der Waals surface area contributed by atoms with Crippen molar-refractivity contribution in [3.05, 3.63) is 29.8 Å².